The minimum absolute atomic E-state index is 0.0474. The third-order valence-corrected chi connectivity index (χ3v) is 5.02. The van der Waals surface area contributed by atoms with Gasteiger partial charge in [0, 0.05) is 12.1 Å². The van der Waals surface area contributed by atoms with E-state index in [4.69, 9.17) is 9.84 Å². The molecule has 0 aliphatic heterocycles. The number of hydrogen-bond donors (Lipinski definition) is 3. The van der Waals surface area contributed by atoms with Crippen molar-refractivity contribution in [1.82, 2.24) is 10.2 Å². The van der Waals surface area contributed by atoms with Crippen molar-refractivity contribution in [3.63, 3.8) is 0 Å². The van der Waals surface area contributed by atoms with E-state index in [0.29, 0.717) is 30.5 Å². The van der Waals surface area contributed by atoms with E-state index < -0.39 is 5.97 Å². The molecule has 2 aliphatic rings. The summed E-state index contributed by atoms with van der Waals surface area (Å²) in [5.41, 5.74) is 0.669. The summed E-state index contributed by atoms with van der Waals surface area (Å²) >= 11 is 0. The van der Waals surface area contributed by atoms with Crippen LogP contribution in [0.4, 0.5) is 10.5 Å². The third kappa shape index (κ3) is 5.11. The number of benzene rings is 1. The second kappa shape index (κ2) is 8.40. The van der Waals surface area contributed by atoms with Gasteiger partial charge in [0.15, 0.2) is 0 Å². The van der Waals surface area contributed by atoms with Crippen molar-refractivity contribution in [3.05, 3.63) is 24.3 Å². The first-order valence-electron chi connectivity index (χ1n) is 9.30. The van der Waals surface area contributed by atoms with Crippen LogP contribution in [0.15, 0.2) is 24.3 Å². The van der Waals surface area contributed by atoms with Gasteiger partial charge in [-0.15, -0.1) is 0 Å². The van der Waals surface area contributed by atoms with E-state index in [0.717, 1.165) is 12.8 Å². The first-order valence-corrected chi connectivity index (χ1v) is 9.30. The maximum absolute atomic E-state index is 12.3. The summed E-state index contributed by atoms with van der Waals surface area (Å²) in [6, 6.07) is 7.49. The molecule has 0 radical (unpaired) electrons. The summed E-state index contributed by atoms with van der Waals surface area (Å²) in [4.78, 5) is 25.1. The van der Waals surface area contributed by atoms with Crippen molar-refractivity contribution in [2.75, 3.05) is 25.0 Å². The predicted octanol–water partition coefficient (Wildman–Crippen LogP) is 2.53. The van der Waals surface area contributed by atoms with Crippen molar-refractivity contribution in [1.29, 1.82) is 0 Å². The van der Waals surface area contributed by atoms with Gasteiger partial charge < -0.3 is 20.5 Å². The number of carbonyl (C=O) groups excluding carboxylic acids is 1. The summed E-state index contributed by atoms with van der Waals surface area (Å²) in [5, 5.41) is 14.7. The summed E-state index contributed by atoms with van der Waals surface area (Å²) in [7, 11) is 0. The van der Waals surface area contributed by atoms with E-state index >= 15 is 0 Å². The molecule has 0 aromatic heterocycles. The fraction of sp³-hybridized carbons (Fsp3) is 0.579. The highest BCUT2D eigenvalue weighted by molar-refractivity contribution is 5.91. The Kier molecular flexibility index (Phi) is 5.98. The van der Waals surface area contributed by atoms with E-state index in [1.165, 1.54) is 12.8 Å². The van der Waals surface area contributed by atoms with Gasteiger partial charge in [0.05, 0.1) is 18.8 Å². The predicted molar refractivity (Wildman–Crippen MR) is 98.5 cm³/mol. The summed E-state index contributed by atoms with van der Waals surface area (Å²) in [6.07, 6.45) is 3.98. The van der Waals surface area contributed by atoms with Gasteiger partial charge in [-0.05, 0) is 50.3 Å². The Morgan fingerprint density at radius 1 is 1.27 bits per heavy atom. The zero-order valence-corrected chi connectivity index (χ0v) is 15.1. The van der Waals surface area contributed by atoms with Crippen molar-refractivity contribution < 1.29 is 19.4 Å². The Bertz CT molecular complexity index is 641. The van der Waals surface area contributed by atoms with E-state index in [1.807, 2.05) is 36.1 Å². The van der Waals surface area contributed by atoms with Gasteiger partial charge in [-0.25, -0.2) is 4.79 Å². The van der Waals surface area contributed by atoms with Gasteiger partial charge in [-0.3, -0.25) is 9.69 Å². The van der Waals surface area contributed by atoms with Crippen LogP contribution in [-0.2, 0) is 4.79 Å². The monoisotopic (exact) mass is 361 g/mol. The lowest BCUT2D eigenvalue weighted by atomic mass is 9.85. The normalized spacial score (nSPS) is 21.8. The Hall–Kier alpha value is -2.28. The summed E-state index contributed by atoms with van der Waals surface area (Å²) in [6.45, 7) is 3.39. The number of anilines is 1. The second-order valence-corrected chi connectivity index (χ2v) is 7.13. The fourth-order valence-corrected chi connectivity index (χ4v) is 3.21. The van der Waals surface area contributed by atoms with Crippen LogP contribution in [0.3, 0.4) is 0 Å². The highest BCUT2D eigenvalue weighted by Crippen LogP contribution is 2.32. The molecule has 3 N–H and O–H groups in total. The maximum Gasteiger partial charge on any atom is 0.319 e. The fourth-order valence-electron chi connectivity index (χ4n) is 3.21. The number of likely N-dealkylation sites (N-methyl/N-ethyl adjacent to an activating group) is 1. The molecule has 142 valence electrons. The molecule has 2 fully saturated rings. The Balaban J connectivity index is 1.44. The highest BCUT2D eigenvalue weighted by Gasteiger charge is 2.34. The van der Waals surface area contributed by atoms with Crippen LogP contribution in [0.5, 0.6) is 5.75 Å². The number of hydrogen-bond acceptors (Lipinski definition) is 4. The number of para-hydroxylation sites is 2. The smallest absolute Gasteiger partial charge is 0.319 e. The molecule has 0 bridgehead atoms. The van der Waals surface area contributed by atoms with Gasteiger partial charge in [-0.2, -0.15) is 0 Å². The largest absolute Gasteiger partial charge is 0.491 e. The maximum atomic E-state index is 12.3. The number of rotatable bonds is 9. The number of amides is 2. The molecule has 0 atom stereocenters. The molecular weight excluding hydrogens is 334 g/mol. The third-order valence-electron chi connectivity index (χ3n) is 5.02. The van der Waals surface area contributed by atoms with E-state index in [2.05, 4.69) is 10.6 Å². The standard InChI is InChI=1S/C19H27N3O4/c1-2-22(11-18(23)24)15-9-14(10-15)20-19(25)21-16-5-3-4-6-17(16)26-12-13-7-8-13/h3-6,13-15H,2,7-12H2,1H3,(H,23,24)(H2,20,21,25). The van der Waals surface area contributed by atoms with E-state index in [-0.39, 0.29) is 24.7 Å². The van der Waals surface area contributed by atoms with Crippen LogP contribution in [0.1, 0.15) is 32.6 Å². The number of aliphatic carboxylic acids is 1. The summed E-state index contributed by atoms with van der Waals surface area (Å²) in [5.74, 6) is 0.527. The molecular formula is C19H27N3O4. The zero-order valence-electron chi connectivity index (χ0n) is 15.1. The molecule has 7 nitrogen and oxygen atoms in total. The van der Waals surface area contributed by atoms with Crippen LogP contribution >= 0.6 is 0 Å². The first-order chi connectivity index (χ1) is 12.5. The van der Waals surface area contributed by atoms with Crippen LogP contribution < -0.4 is 15.4 Å². The minimum atomic E-state index is -0.816. The second-order valence-electron chi connectivity index (χ2n) is 7.13. The summed E-state index contributed by atoms with van der Waals surface area (Å²) < 4.78 is 5.80. The molecule has 2 amide bonds. The van der Waals surface area contributed by atoms with Crippen LogP contribution in [0.2, 0.25) is 0 Å². The highest BCUT2D eigenvalue weighted by atomic mass is 16.5. The van der Waals surface area contributed by atoms with Crippen LogP contribution in [-0.4, -0.2) is 53.8 Å². The number of urea groups is 1. The number of nitrogens with one attached hydrogen (secondary N) is 2. The van der Waals surface area contributed by atoms with Crippen LogP contribution in [0.25, 0.3) is 0 Å². The lowest BCUT2D eigenvalue weighted by Crippen LogP contribution is -2.55. The molecule has 0 unspecified atom stereocenters. The average molecular weight is 361 g/mol. The number of carboxylic acid groups (broad SMARTS) is 1. The van der Waals surface area contributed by atoms with Crippen molar-refractivity contribution in [3.8, 4) is 5.75 Å². The lowest BCUT2D eigenvalue weighted by molar-refractivity contribution is -0.139. The van der Waals surface area contributed by atoms with Gasteiger partial charge in [0.25, 0.3) is 0 Å². The molecule has 0 spiro atoms. The lowest BCUT2D eigenvalue weighted by Gasteiger charge is -2.42. The van der Waals surface area contributed by atoms with Crippen LogP contribution in [0, 0.1) is 5.92 Å². The quantitative estimate of drug-likeness (QED) is 0.629. The molecule has 7 heteroatoms. The number of carboxylic acids is 1. The Morgan fingerprint density at radius 2 is 2.00 bits per heavy atom. The first kappa shape index (κ1) is 18.5. The van der Waals surface area contributed by atoms with Gasteiger partial charge in [0.1, 0.15) is 5.75 Å². The van der Waals surface area contributed by atoms with E-state index in [9.17, 15) is 9.59 Å². The zero-order chi connectivity index (χ0) is 18.5. The minimum Gasteiger partial charge on any atom is -0.491 e. The molecule has 2 aliphatic carbocycles. The molecule has 2 saturated carbocycles. The van der Waals surface area contributed by atoms with E-state index in [1.54, 1.807) is 0 Å². The van der Waals surface area contributed by atoms with Crippen molar-refractivity contribution in [2.45, 2.75) is 44.7 Å². The van der Waals surface area contributed by atoms with Crippen molar-refractivity contribution >= 4 is 17.7 Å². The number of carbonyl (C=O) groups is 2. The van der Waals surface area contributed by atoms with Gasteiger partial charge in [0.2, 0.25) is 0 Å². The molecule has 1 aromatic carbocycles. The Labute approximate surface area is 153 Å². The molecule has 26 heavy (non-hydrogen) atoms. The Morgan fingerprint density at radius 3 is 2.65 bits per heavy atom. The molecule has 0 heterocycles. The average Bonchev–Trinajstić information content (AvgIpc) is 3.39. The molecule has 1 aromatic rings. The SMILES string of the molecule is CCN(CC(=O)O)C1CC(NC(=O)Nc2ccccc2OCC2CC2)C1. The molecule has 0 saturated heterocycles. The topological polar surface area (TPSA) is 90.9 Å². The van der Waals surface area contributed by atoms with Crippen molar-refractivity contribution in [2.24, 2.45) is 5.92 Å². The number of ether oxygens (including phenoxy) is 1. The van der Waals surface area contributed by atoms with Gasteiger partial charge >= 0.3 is 12.0 Å². The number of nitrogens with zero attached hydrogens (tertiary/aromatic N) is 1. The molecule has 3 rings (SSSR count). The van der Waals surface area contributed by atoms with Gasteiger partial charge in [-0.1, -0.05) is 19.1 Å².